The summed E-state index contributed by atoms with van der Waals surface area (Å²) < 4.78 is 0. The highest BCUT2D eigenvalue weighted by Gasteiger charge is 2.37. The van der Waals surface area contributed by atoms with E-state index in [1.807, 2.05) is 39.8 Å². The van der Waals surface area contributed by atoms with Gasteiger partial charge in [-0.25, -0.2) is 0 Å². The van der Waals surface area contributed by atoms with E-state index < -0.39 is 5.92 Å². The van der Waals surface area contributed by atoms with Crippen LogP contribution in [0.5, 0.6) is 0 Å². The third-order valence-corrected chi connectivity index (χ3v) is 5.88. The SMILES string of the molecule is C/C=C1/C(=C/NC2=CCC(CN(CC)CCC)C=C2)C(=O)NC(=O)C1C(C)/C=C/NOC.CC. The van der Waals surface area contributed by atoms with Crippen molar-refractivity contribution in [2.24, 2.45) is 17.8 Å². The molecule has 2 aliphatic rings. The van der Waals surface area contributed by atoms with Gasteiger partial charge in [0.15, 0.2) is 0 Å². The van der Waals surface area contributed by atoms with Gasteiger partial charge >= 0.3 is 0 Å². The van der Waals surface area contributed by atoms with Crippen LogP contribution in [0.25, 0.3) is 0 Å². The smallest absolute Gasteiger partial charge is 0.259 e. The Morgan fingerprint density at radius 2 is 2.03 bits per heavy atom. The van der Waals surface area contributed by atoms with E-state index in [1.165, 1.54) is 7.11 Å². The number of allylic oxidation sites excluding steroid dienone is 4. The second-order valence-electron chi connectivity index (χ2n) is 8.19. The van der Waals surface area contributed by atoms with Crippen molar-refractivity contribution < 1.29 is 14.4 Å². The number of amides is 2. The zero-order valence-electron chi connectivity index (χ0n) is 22.0. The lowest BCUT2D eigenvalue weighted by atomic mass is 9.79. The predicted octanol–water partition coefficient (Wildman–Crippen LogP) is 4.20. The molecule has 0 saturated carbocycles. The summed E-state index contributed by atoms with van der Waals surface area (Å²) in [4.78, 5) is 32.4. The highest BCUT2D eigenvalue weighted by atomic mass is 16.6. The van der Waals surface area contributed by atoms with E-state index in [2.05, 4.69) is 53.1 Å². The van der Waals surface area contributed by atoms with Gasteiger partial charge in [-0.2, -0.15) is 0 Å². The van der Waals surface area contributed by atoms with Crippen LogP contribution >= 0.6 is 0 Å². The summed E-state index contributed by atoms with van der Waals surface area (Å²) >= 11 is 0. The molecule has 0 aromatic heterocycles. The highest BCUT2D eigenvalue weighted by Crippen LogP contribution is 2.31. The molecule has 2 rings (SSSR count). The fourth-order valence-electron chi connectivity index (χ4n) is 4.16. The standard InChI is InChI=1S/C25H38N4O3.C2H6/c1-6-15-29(8-3)17-19-9-11-20(12-10-19)26-16-22-21(7-2)23(25(31)28-24(22)30)18(4)13-14-27-32-5;1-2/h7,9,11-14,16,18-19,23,26-27H,6,8,10,15,17H2,1-5H3,(H,28,30,31);1-2H3/b14-13+,21-7-,22-16-;. The van der Waals surface area contributed by atoms with Gasteiger partial charge in [-0.3, -0.25) is 25.2 Å². The number of carbonyl (C=O) groups excluding carboxylic acids is 2. The minimum Gasteiger partial charge on any atom is -0.361 e. The van der Waals surface area contributed by atoms with Gasteiger partial charge < -0.3 is 10.2 Å². The zero-order valence-corrected chi connectivity index (χ0v) is 22.0. The van der Waals surface area contributed by atoms with Crippen LogP contribution in [-0.4, -0.2) is 43.5 Å². The first kappa shape index (κ1) is 29.4. The van der Waals surface area contributed by atoms with Crippen molar-refractivity contribution in [1.82, 2.24) is 21.0 Å². The molecule has 7 nitrogen and oxygen atoms in total. The Hall–Kier alpha value is -2.64. The van der Waals surface area contributed by atoms with Gasteiger partial charge in [-0.1, -0.05) is 58.9 Å². The number of imide groups is 1. The molecule has 1 aliphatic carbocycles. The monoisotopic (exact) mass is 472 g/mol. The predicted molar refractivity (Wildman–Crippen MR) is 139 cm³/mol. The molecule has 0 aromatic rings. The lowest BCUT2D eigenvalue weighted by molar-refractivity contribution is -0.132. The van der Waals surface area contributed by atoms with E-state index in [9.17, 15) is 9.59 Å². The van der Waals surface area contributed by atoms with Crippen LogP contribution in [0.3, 0.4) is 0 Å². The minimum atomic E-state index is -0.459. The lowest BCUT2D eigenvalue weighted by Gasteiger charge is -2.29. The van der Waals surface area contributed by atoms with Crippen molar-refractivity contribution in [1.29, 1.82) is 0 Å². The van der Waals surface area contributed by atoms with Gasteiger partial charge in [0.2, 0.25) is 5.91 Å². The summed E-state index contributed by atoms with van der Waals surface area (Å²) in [6.07, 6.45) is 15.7. The lowest BCUT2D eigenvalue weighted by Crippen LogP contribution is -2.46. The average molecular weight is 473 g/mol. The molecule has 2 amide bonds. The summed E-state index contributed by atoms with van der Waals surface area (Å²) in [5, 5.41) is 5.76. The fourth-order valence-corrected chi connectivity index (χ4v) is 4.16. The fraction of sp³-hybridized carbons (Fsp3) is 0.556. The normalized spacial score (nSPS) is 23.6. The van der Waals surface area contributed by atoms with E-state index >= 15 is 0 Å². The third kappa shape index (κ3) is 8.61. The van der Waals surface area contributed by atoms with E-state index in [-0.39, 0.29) is 17.7 Å². The summed E-state index contributed by atoms with van der Waals surface area (Å²) in [7, 11) is 1.52. The van der Waals surface area contributed by atoms with Gasteiger partial charge in [0.1, 0.15) is 0 Å². The van der Waals surface area contributed by atoms with Crippen LogP contribution in [-0.2, 0) is 14.4 Å². The topological polar surface area (TPSA) is 82.7 Å². The molecular weight excluding hydrogens is 428 g/mol. The van der Waals surface area contributed by atoms with Crippen molar-refractivity contribution in [3.05, 3.63) is 59.6 Å². The Kier molecular flexibility index (Phi) is 13.9. The maximum Gasteiger partial charge on any atom is 0.259 e. The second-order valence-corrected chi connectivity index (χ2v) is 8.19. The molecule has 7 heteroatoms. The number of nitrogens with zero attached hydrogens (tertiary/aromatic N) is 1. The first-order valence-corrected chi connectivity index (χ1v) is 12.5. The zero-order chi connectivity index (χ0) is 25.5. The maximum atomic E-state index is 12.6. The number of rotatable bonds is 11. The van der Waals surface area contributed by atoms with Crippen LogP contribution in [0.15, 0.2) is 59.6 Å². The minimum absolute atomic E-state index is 0.125. The molecule has 0 radical (unpaired) electrons. The van der Waals surface area contributed by atoms with Crippen LogP contribution in [0.4, 0.5) is 0 Å². The number of hydrogen-bond acceptors (Lipinski definition) is 6. The molecule has 34 heavy (non-hydrogen) atoms. The molecule has 0 aromatic carbocycles. The van der Waals surface area contributed by atoms with Crippen molar-refractivity contribution >= 4 is 11.8 Å². The first-order chi connectivity index (χ1) is 16.4. The molecule has 1 saturated heterocycles. The van der Waals surface area contributed by atoms with Gasteiger partial charge in [0.25, 0.3) is 5.91 Å². The summed E-state index contributed by atoms with van der Waals surface area (Å²) in [6.45, 7) is 15.4. The maximum absolute atomic E-state index is 12.6. The van der Waals surface area contributed by atoms with Gasteiger partial charge in [0, 0.05) is 24.6 Å². The number of carbonyl (C=O) groups is 2. The number of hydroxylamine groups is 1. The van der Waals surface area contributed by atoms with Crippen molar-refractivity contribution in [3.63, 3.8) is 0 Å². The molecule has 1 fully saturated rings. The first-order valence-electron chi connectivity index (χ1n) is 12.5. The Bertz CT molecular complexity index is 811. The van der Waals surface area contributed by atoms with Gasteiger partial charge in [0.05, 0.1) is 18.6 Å². The van der Waals surface area contributed by atoms with Gasteiger partial charge in [-0.05, 0) is 56.3 Å². The Balaban J connectivity index is 0.00000281. The molecule has 0 bridgehead atoms. The molecular formula is C27H44N4O3. The summed E-state index contributed by atoms with van der Waals surface area (Å²) in [6, 6.07) is 0. The third-order valence-electron chi connectivity index (χ3n) is 5.88. The largest absolute Gasteiger partial charge is 0.361 e. The molecule has 3 atom stereocenters. The van der Waals surface area contributed by atoms with Gasteiger partial charge in [-0.15, -0.1) is 0 Å². The Labute approximate surface area is 206 Å². The van der Waals surface area contributed by atoms with E-state index in [1.54, 1.807) is 12.4 Å². The van der Waals surface area contributed by atoms with E-state index in [0.29, 0.717) is 11.5 Å². The number of nitrogens with one attached hydrogen (secondary N) is 3. The second kappa shape index (κ2) is 16.1. The molecule has 190 valence electrons. The Morgan fingerprint density at radius 1 is 1.29 bits per heavy atom. The Morgan fingerprint density at radius 3 is 2.59 bits per heavy atom. The van der Waals surface area contributed by atoms with Crippen molar-refractivity contribution in [2.45, 2.75) is 54.4 Å². The molecule has 1 heterocycles. The summed E-state index contributed by atoms with van der Waals surface area (Å²) in [5.41, 5.74) is 4.80. The quantitative estimate of drug-likeness (QED) is 0.238. The highest BCUT2D eigenvalue weighted by molar-refractivity contribution is 6.12. The number of hydrogen-bond donors (Lipinski definition) is 3. The van der Waals surface area contributed by atoms with Crippen LogP contribution in [0.2, 0.25) is 0 Å². The molecule has 1 aliphatic heterocycles. The molecule has 3 N–H and O–H groups in total. The van der Waals surface area contributed by atoms with E-state index in [4.69, 9.17) is 4.84 Å². The van der Waals surface area contributed by atoms with Crippen LogP contribution < -0.4 is 16.1 Å². The molecule has 0 spiro atoms. The van der Waals surface area contributed by atoms with Crippen LogP contribution in [0.1, 0.15) is 54.4 Å². The van der Waals surface area contributed by atoms with Crippen LogP contribution in [0, 0.1) is 17.8 Å². The average Bonchev–Trinajstić information content (AvgIpc) is 2.84. The summed E-state index contributed by atoms with van der Waals surface area (Å²) in [5.74, 6) is -0.755. The van der Waals surface area contributed by atoms with Crippen molar-refractivity contribution in [2.75, 3.05) is 26.7 Å². The van der Waals surface area contributed by atoms with Crippen molar-refractivity contribution in [3.8, 4) is 0 Å². The van der Waals surface area contributed by atoms with E-state index in [0.717, 1.165) is 43.7 Å². The molecule has 3 unspecified atom stereocenters. The number of piperidine rings is 1.